The molecule has 0 radical (unpaired) electrons. The summed E-state index contributed by atoms with van der Waals surface area (Å²) in [6.07, 6.45) is 3.38. The van der Waals surface area contributed by atoms with Gasteiger partial charge in [-0.2, -0.15) is 0 Å². The second kappa shape index (κ2) is 6.53. The Balaban J connectivity index is 1.86. The van der Waals surface area contributed by atoms with Crippen LogP contribution in [0.15, 0.2) is 24.4 Å². The van der Waals surface area contributed by atoms with Gasteiger partial charge in [-0.3, -0.25) is 4.79 Å². The third-order valence-electron chi connectivity index (χ3n) is 5.17. The van der Waals surface area contributed by atoms with Crippen LogP contribution in [0.2, 0.25) is 0 Å². The third-order valence-corrected chi connectivity index (χ3v) is 5.17. The van der Waals surface area contributed by atoms with Crippen LogP contribution in [0.3, 0.4) is 0 Å². The third kappa shape index (κ3) is 2.80. The highest BCUT2D eigenvalue weighted by atomic mass is 16.3. The quantitative estimate of drug-likeness (QED) is 0.891. The minimum atomic E-state index is -0.627. The maximum absolute atomic E-state index is 12.9. The highest BCUT2D eigenvalue weighted by Crippen LogP contribution is 2.35. The number of aliphatic hydroxyl groups is 2. The van der Waals surface area contributed by atoms with Gasteiger partial charge in [-0.1, -0.05) is 13.3 Å². The first kappa shape index (κ1) is 16.9. The number of carbonyl (C=O) groups is 1. The molecule has 1 aliphatic heterocycles. The number of amides is 1. The highest BCUT2D eigenvalue weighted by Gasteiger charge is 2.43. The van der Waals surface area contributed by atoms with Crippen LogP contribution in [-0.2, 0) is 7.05 Å². The van der Waals surface area contributed by atoms with E-state index in [-0.39, 0.29) is 12.5 Å². The highest BCUT2D eigenvalue weighted by molar-refractivity contribution is 5.94. The Morgan fingerprint density at radius 2 is 2.21 bits per heavy atom. The molecule has 1 saturated heterocycles. The lowest BCUT2D eigenvalue weighted by Crippen LogP contribution is -2.55. The first-order valence-corrected chi connectivity index (χ1v) is 8.51. The molecule has 0 aromatic carbocycles. The van der Waals surface area contributed by atoms with Crippen LogP contribution in [0.1, 0.15) is 36.7 Å². The SMILES string of the molecule is CCC[C@@]1(CO)CN(C(=O)c2ccc3ccn(C)c3n2)CC[C@H]1O. The molecule has 1 aliphatic rings. The van der Waals surface area contributed by atoms with Gasteiger partial charge in [0.25, 0.3) is 5.91 Å². The zero-order valence-electron chi connectivity index (χ0n) is 14.3. The van der Waals surface area contributed by atoms with Crippen LogP contribution in [0, 0.1) is 5.41 Å². The van der Waals surface area contributed by atoms with Crippen molar-refractivity contribution in [3.8, 4) is 0 Å². The molecular formula is C18H25N3O3. The molecule has 130 valence electrons. The lowest BCUT2D eigenvalue weighted by Gasteiger charge is -2.45. The van der Waals surface area contributed by atoms with Crippen LogP contribution in [0.4, 0.5) is 0 Å². The van der Waals surface area contributed by atoms with Crippen molar-refractivity contribution in [3.63, 3.8) is 0 Å². The van der Waals surface area contributed by atoms with Crippen molar-refractivity contribution >= 4 is 16.9 Å². The number of carbonyl (C=O) groups excluding carboxylic acids is 1. The summed E-state index contributed by atoms with van der Waals surface area (Å²) in [5.41, 5.74) is 0.557. The number of aryl methyl sites for hydroxylation is 1. The van der Waals surface area contributed by atoms with Gasteiger partial charge in [-0.05, 0) is 31.0 Å². The monoisotopic (exact) mass is 331 g/mol. The average molecular weight is 331 g/mol. The number of hydrogen-bond acceptors (Lipinski definition) is 4. The number of likely N-dealkylation sites (tertiary alicyclic amines) is 1. The second-order valence-electron chi connectivity index (χ2n) is 6.84. The smallest absolute Gasteiger partial charge is 0.272 e. The maximum atomic E-state index is 12.9. The van der Waals surface area contributed by atoms with Crippen LogP contribution in [0.5, 0.6) is 0 Å². The first-order valence-electron chi connectivity index (χ1n) is 8.51. The molecule has 2 aromatic heterocycles. The van der Waals surface area contributed by atoms with Gasteiger partial charge in [-0.15, -0.1) is 0 Å². The van der Waals surface area contributed by atoms with Crippen molar-refractivity contribution in [2.45, 2.75) is 32.3 Å². The van der Waals surface area contributed by atoms with Gasteiger partial charge < -0.3 is 19.7 Å². The fourth-order valence-corrected chi connectivity index (χ4v) is 3.72. The van der Waals surface area contributed by atoms with Crippen LogP contribution < -0.4 is 0 Å². The number of fused-ring (bicyclic) bond motifs is 1. The molecule has 3 heterocycles. The van der Waals surface area contributed by atoms with Gasteiger partial charge in [0.05, 0.1) is 12.7 Å². The zero-order chi connectivity index (χ0) is 17.3. The molecule has 2 aromatic rings. The molecule has 6 nitrogen and oxygen atoms in total. The van der Waals surface area contributed by atoms with E-state index in [1.807, 2.05) is 36.9 Å². The summed E-state index contributed by atoms with van der Waals surface area (Å²) in [7, 11) is 1.90. The molecule has 0 bridgehead atoms. The largest absolute Gasteiger partial charge is 0.396 e. The summed E-state index contributed by atoms with van der Waals surface area (Å²) in [5.74, 6) is -0.140. The summed E-state index contributed by atoms with van der Waals surface area (Å²) < 4.78 is 1.89. The predicted molar refractivity (Wildman–Crippen MR) is 91.7 cm³/mol. The number of aliphatic hydroxyl groups excluding tert-OH is 2. The molecule has 0 saturated carbocycles. The molecule has 1 amide bonds. The molecular weight excluding hydrogens is 306 g/mol. The van der Waals surface area contributed by atoms with Crippen molar-refractivity contribution in [2.75, 3.05) is 19.7 Å². The van der Waals surface area contributed by atoms with E-state index in [9.17, 15) is 15.0 Å². The normalized spacial score (nSPS) is 24.5. The minimum absolute atomic E-state index is 0.115. The molecule has 0 spiro atoms. The summed E-state index contributed by atoms with van der Waals surface area (Å²) in [6.45, 7) is 2.76. The first-order chi connectivity index (χ1) is 11.5. The standard InChI is InChI=1S/C18H25N3O3/c1-3-8-18(12-22)11-21(10-7-15(18)23)17(24)14-5-4-13-6-9-20(2)16(13)19-14/h4-6,9,15,22-23H,3,7-8,10-12H2,1-2H3/t15-,18+/m1/s1. The van der Waals surface area contributed by atoms with Crippen molar-refractivity contribution in [2.24, 2.45) is 12.5 Å². The number of nitrogens with zero attached hydrogens (tertiary/aromatic N) is 3. The van der Waals surface area contributed by atoms with Crippen LogP contribution in [0.25, 0.3) is 11.0 Å². The Kier molecular flexibility index (Phi) is 4.60. The van der Waals surface area contributed by atoms with E-state index in [2.05, 4.69) is 4.98 Å². The molecule has 2 N–H and O–H groups in total. The Hall–Kier alpha value is -1.92. The summed E-state index contributed by atoms with van der Waals surface area (Å²) >= 11 is 0. The molecule has 6 heteroatoms. The van der Waals surface area contributed by atoms with Crippen molar-refractivity contribution in [1.29, 1.82) is 0 Å². The maximum Gasteiger partial charge on any atom is 0.272 e. The van der Waals surface area contributed by atoms with Crippen molar-refractivity contribution in [1.82, 2.24) is 14.5 Å². The summed E-state index contributed by atoms with van der Waals surface area (Å²) in [4.78, 5) is 19.1. The summed E-state index contributed by atoms with van der Waals surface area (Å²) in [6, 6.07) is 5.61. The van der Waals surface area contributed by atoms with E-state index in [0.717, 1.165) is 17.5 Å². The average Bonchev–Trinajstić information content (AvgIpc) is 2.97. The molecule has 2 atom stereocenters. The fourth-order valence-electron chi connectivity index (χ4n) is 3.72. The van der Waals surface area contributed by atoms with Crippen molar-refractivity contribution < 1.29 is 15.0 Å². The second-order valence-corrected chi connectivity index (χ2v) is 6.84. The van der Waals surface area contributed by atoms with Gasteiger partial charge in [0.15, 0.2) is 0 Å². The number of piperidine rings is 1. The minimum Gasteiger partial charge on any atom is -0.396 e. The van der Waals surface area contributed by atoms with Crippen LogP contribution >= 0.6 is 0 Å². The van der Waals surface area contributed by atoms with E-state index >= 15 is 0 Å². The Bertz CT molecular complexity index is 742. The van der Waals surface area contributed by atoms with Gasteiger partial charge in [-0.25, -0.2) is 4.98 Å². The van der Waals surface area contributed by atoms with E-state index in [4.69, 9.17) is 0 Å². The molecule has 0 unspecified atom stereocenters. The predicted octanol–water partition coefficient (Wildman–Crippen LogP) is 1.56. The number of pyridine rings is 1. The van der Waals surface area contributed by atoms with Crippen LogP contribution in [-0.4, -0.2) is 56.4 Å². The van der Waals surface area contributed by atoms with E-state index in [1.165, 1.54) is 0 Å². The molecule has 24 heavy (non-hydrogen) atoms. The lowest BCUT2D eigenvalue weighted by molar-refractivity contribution is -0.0721. The van der Waals surface area contributed by atoms with Gasteiger partial charge >= 0.3 is 0 Å². The Labute approximate surface area is 141 Å². The zero-order valence-corrected chi connectivity index (χ0v) is 14.3. The molecule has 0 aliphatic carbocycles. The van der Waals surface area contributed by atoms with E-state index in [0.29, 0.717) is 31.6 Å². The van der Waals surface area contributed by atoms with Gasteiger partial charge in [0.2, 0.25) is 0 Å². The number of aromatic nitrogens is 2. The van der Waals surface area contributed by atoms with E-state index < -0.39 is 11.5 Å². The van der Waals surface area contributed by atoms with Gasteiger partial charge in [0.1, 0.15) is 11.3 Å². The lowest BCUT2D eigenvalue weighted by atomic mass is 9.74. The topological polar surface area (TPSA) is 78.6 Å². The Morgan fingerprint density at radius 1 is 1.42 bits per heavy atom. The fraction of sp³-hybridized carbons (Fsp3) is 0.556. The molecule has 3 rings (SSSR count). The summed E-state index contributed by atoms with van der Waals surface area (Å²) in [5, 5.41) is 21.2. The van der Waals surface area contributed by atoms with Crippen molar-refractivity contribution in [3.05, 3.63) is 30.1 Å². The molecule has 1 fully saturated rings. The van der Waals surface area contributed by atoms with E-state index in [1.54, 1.807) is 11.0 Å². The number of hydrogen-bond donors (Lipinski definition) is 2. The van der Waals surface area contributed by atoms with Gasteiger partial charge in [0, 0.05) is 37.1 Å². The Morgan fingerprint density at radius 3 is 2.92 bits per heavy atom. The number of rotatable bonds is 4.